The Morgan fingerprint density at radius 2 is 1.79 bits per heavy atom. The van der Waals surface area contributed by atoms with E-state index in [0.29, 0.717) is 31.1 Å². The number of piperazine rings is 1. The summed E-state index contributed by atoms with van der Waals surface area (Å²) in [6, 6.07) is 8.37. The minimum atomic E-state index is -4.59. The fraction of sp³-hybridized carbons (Fsp3) is 0.391. The number of hydrogen-bond acceptors (Lipinski definition) is 5. The lowest BCUT2D eigenvalue weighted by molar-refractivity contribution is -0.138. The van der Waals surface area contributed by atoms with Crippen molar-refractivity contribution in [3.8, 4) is 0 Å². The van der Waals surface area contributed by atoms with E-state index in [1.165, 1.54) is 27.6 Å². The molecule has 11 heteroatoms. The summed E-state index contributed by atoms with van der Waals surface area (Å²) in [6.45, 7) is 3.98. The first-order valence-electron chi connectivity index (χ1n) is 11.1. The standard InChI is InChI=1S/C23H25F3N6O2/c1-2-3-10-27-21(33)18-15-32-19(28-18)8-9-20(29-32)30-11-13-31(14-12-30)22(34)16-6-4-5-7-17(16)23(24,25)26/h4-9,15H,2-3,10-14H2,1H3,(H,27,33). The Labute approximate surface area is 194 Å². The Morgan fingerprint density at radius 1 is 1.06 bits per heavy atom. The van der Waals surface area contributed by atoms with Gasteiger partial charge >= 0.3 is 6.18 Å². The highest BCUT2D eigenvalue weighted by Crippen LogP contribution is 2.32. The van der Waals surface area contributed by atoms with Crippen LogP contribution in [0.2, 0.25) is 0 Å². The Kier molecular flexibility index (Phi) is 6.71. The number of amides is 2. The largest absolute Gasteiger partial charge is 0.417 e. The highest BCUT2D eigenvalue weighted by atomic mass is 19.4. The molecule has 1 aliphatic heterocycles. The highest BCUT2D eigenvalue weighted by Gasteiger charge is 2.36. The fourth-order valence-electron chi connectivity index (χ4n) is 3.85. The van der Waals surface area contributed by atoms with Gasteiger partial charge in [-0.3, -0.25) is 9.59 Å². The lowest BCUT2D eigenvalue weighted by atomic mass is 10.1. The molecular formula is C23H25F3N6O2. The molecule has 0 unspecified atom stereocenters. The third kappa shape index (κ3) is 4.97. The summed E-state index contributed by atoms with van der Waals surface area (Å²) in [7, 11) is 0. The van der Waals surface area contributed by atoms with Gasteiger partial charge in [0.15, 0.2) is 5.65 Å². The smallest absolute Gasteiger partial charge is 0.352 e. The van der Waals surface area contributed by atoms with Crippen LogP contribution in [0.3, 0.4) is 0 Å². The van der Waals surface area contributed by atoms with Gasteiger partial charge < -0.3 is 15.1 Å². The molecule has 2 aromatic heterocycles. The number of halogens is 3. The molecule has 0 spiro atoms. The number of benzene rings is 1. The highest BCUT2D eigenvalue weighted by molar-refractivity contribution is 5.96. The van der Waals surface area contributed by atoms with E-state index in [1.54, 1.807) is 18.3 Å². The van der Waals surface area contributed by atoms with Crippen molar-refractivity contribution in [3.63, 3.8) is 0 Å². The predicted molar refractivity (Wildman–Crippen MR) is 120 cm³/mol. The van der Waals surface area contributed by atoms with Crippen LogP contribution in [-0.2, 0) is 6.18 Å². The Balaban J connectivity index is 1.43. The van der Waals surface area contributed by atoms with Crippen molar-refractivity contribution >= 4 is 23.3 Å². The van der Waals surface area contributed by atoms with E-state index in [4.69, 9.17) is 0 Å². The van der Waals surface area contributed by atoms with Gasteiger partial charge in [-0.15, -0.1) is 5.10 Å². The number of rotatable bonds is 6. The maximum Gasteiger partial charge on any atom is 0.417 e. The van der Waals surface area contributed by atoms with Gasteiger partial charge in [0.05, 0.1) is 17.3 Å². The molecule has 180 valence electrons. The average molecular weight is 474 g/mol. The monoisotopic (exact) mass is 474 g/mol. The van der Waals surface area contributed by atoms with Crippen LogP contribution in [0.1, 0.15) is 46.2 Å². The maximum atomic E-state index is 13.3. The SMILES string of the molecule is CCCCNC(=O)c1cn2nc(N3CCN(C(=O)c4ccccc4C(F)(F)F)CC3)ccc2n1. The minimum Gasteiger partial charge on any atom is -0.352 e. The van der Waals surface area contributed by atoms with Gasteiger partial charge in [-0.2, -0.15) is 13.2 Å². The van der Waals surface area contributed by atoms with Gasteiger partial charge in [0.1, 0.15) is 11.5 Å². The first-order chi connectivity index (χ1) is 16.3. The minimum absolute atomic E-state index is 0.258. The number of unbranched alkanes of at least 4 members (excludes halogenated alkanes) is 1. The second kappa shape index (κ2) is 9.70. The molecule has 1 fully saturated rings. The zero-order valence-corrected chi connectivity index (χ0v) is 18.7. The Bertz CT molecular complexity index is 1180. The molecule has 1 N–H and O–H groups in total. The molecule has 1 aliphatic rings. The number of nitrogens with zero attached hydrogens (tertiary/aromatic N) is 5. The molecule has 8 nitrogen and oxygen atoms in total. The van der Waals surface area contributed by atoms with Crippen molar-refractivity contribution in [3.05, 3.63) is 59.4 Å². The van der Waals surface area contributed by atoms with Crippen LogP contribution in [0.15, 0.2) is 42.6 Å². The van der Waals surface area contributed by atoms with Gasteiger partial charge in [0.25, 0.3) is 11.8 Å². The second-order valence-corrected chi connectivity index (χ2v) is 8.05. The zero-order chi connectivity index (χ0) is 24.3. The molecule has 2 amide bonds. The van der Waals surface area contributed by atoms with Crippen molar-refractivity contribution < 1.29 is 22.8 Å². The van der Waals surface area contributed by atoms with Crippen LogP contribution < -0.4 is 10.2 Å². The quantitative estimate of drug-likeness (QED) is 0.555. The van der Waals surface area contributed by atoms with Crippen molar-refractivity contribution in [2.45, 2.75) is 25.9 Å². The molecule has 34 heavy (non-hydrogen) atoms. The van der Waals surface area contributed by atoms with E-state index in [2.05, 4.69) is 15.4 Å². The summed E-state index contributed by atoms with van der Waals surface area (Å²) in [4.78, 5) is 32.7. The molecule has 0 radical (unpaired) electrons. The molecule has 0 saturated carbocycles. The Morgan fingerprint density at radius 3 is 2.50 bits per heavy atom. The summed E-state index contributed by atoms with van der Waals surface area (Å²) < 4.78 is 41.4. The van der Waals surface area contributed by atoms with Crippen LogP contribution in [0.5, 0.6) is 0 Å². The van der Waals surface area contributed by atoms with Crippen LogP contribution in [0.4, 0.5) is 19.0 Å². The third-order valence-electron chi connectivity index (χ3n) is 5.71. The molecule has 4 rings (SSSR count). The number of nitrogens with one attached hydrogen (secondary N) is 1. The number of carbonyl (C=O) groups excluding carboxylic acids is 2. The summed E-state index contributed by atoms with van der Waals surface area (Å²) >= 11 is 0. The zero-order valence-electron chi connectivity index (χ0n) is 18.7. The first-order valence-corrected chi connectivity index (χ1v) is 11.1. The molecule has 0 bridgehead atoms. The molecule has 0 atom stereocenters. The van der Waals surface area contributed by atoms with Gasteiger partial charge in [-0.1, -0.05) is 25.5 Å². The van der Waals surface area contributed by atoms with Crippen LogP contribution in [-0.4, -0.2) is 64.0 Å². The van der Waals surface area contributed by atoms with Crippen molar-refractivity contribution in [1.82, 2.24) is 24.8 Å². The summed E-state index contributed by atoms with van der Waals surface area (Å²) in [6.07, 6.45) is -1.17. The van der Waals surface area contributed by atoms with Crippen molar-refractivity contribution in [2.75, 3.05) is 37.6 Å². The first kappa shape index (κ1) is 23.5. The normalized spacial score (nSPS) is 14.5. The van der Waals surface area contributed by atoms with E-state index in [1.807, 2.05) is 11.8 Å². The second-order valence-electron chi connectivity index (χ2n) is 8.05. The number of fused-ring (bicyclic) bond motifs is 1. The van der Waals surface area contributed by atoms with E-state index < -0.39 is 17.6 Å². The lowest BCUT2D eigenvalue weighted by Crippen LogP contribution is -2.49. The number of aromatic nitrogens is 3. The molecule has 3 heterocycles. The van der Waals surface area contributed by atoms with E-state index >= 15 is 0 Å². The number of alkyl halides is 3. The van der Waals surface area contributed by atoms with Crippen LogP contribution in [0.25, 0.3) is 5.65 Å². The lowest BCUT2D eigenvalue weighted by Gasteiger charge is -2.35. The van der Waals surface area contributed by atoms with E-state index in [-0.39, 0.29) is 30.3 Å². The predicted octanol–water partition coefficient (Wildman–Crippen LogP) is 3.24. The molecular weight excluding hydrogens is 449 g/mol. The van der Waals surface area contributed by atoms with Crippen molar-refractivity contribution in [1.29, 1.82) is 0 Å². The topological polar surface area (TPSA) is 82.8 Å². The third-order valence-corrected chi connectivity index (χ3v) is 5.71. The fourth-order valence-corrected chi connectivity index (χ4v) is 3.85. The van der Waals surface area contributed by atoms with Gasteiger partial charge in [0.2, 0.25) is 0 Å². The molecule has 1 aromatic carbocycles. The van der Waals surface area contributed by atoms with Gasteiger partial charge in [-0.05, 0) is 30.7 Å². The summed E-state index contributed by atoms with van der Waals surface area (Å²) in [5, 5.41) is 7.34. The van der Waals surface area contributed by atoms with E-state index in [0.717, 1.165) is 18.9 Å². The Hall–Kier alpha value is -3.63. The number of anilines is 1. The van der Waals surface area contributed by atoms with Gasteiger partial charge in [-0.25, -0.2) is 9.50 Å². The number of carbonyl (C=O) groups is 2. The number of hydrogen-bond donors (Lipinski definition) is 1. The molecule has 3 aromatic rings. The van der Waals surface area contributed by atoms with Gasteiger partial charge in [0, 0.05) is 32.7 Å². The molecule has 0 aliphatic carbocycles. The van der Waals surface area contributed by atoms with Crippen LogP contribution in [0, 0.1) is 0 Å². The summed E-state index contributed by atoms with van der Waals surface area (Å²) in [5.74, 6) is -0.262. The number of imidazole rings is 1. The summed E-state index contributed by atoms with van der Waals surface area (Å²) in [5.41, 5.74) is -0.461. The average Bonchev–Trinajstić information content (AvgIpc) is 3.27. The van der Waals surface area contributed by atoms with E-state index in [9.17, 15) is 22.8 Å². The van der Waals surface area contributed by atoms with Crippen molar-refractivity contribution in [2.24, 2.45) is 0 Å². The van der Waals surface area contributed by atoms with Crippen LogP contribution >= 0.6 is 0 Å². The maximum absolute atomic E-state index is 13.3. The molecule has 1 saturated heterocycles.